The van der Waals surface area contributed by atoms with Crippen LogP contribution in [0.1, 0.15) is 0 Å². The SMILES string of the molecule is COCCOc1nc(N)nc2ccc(-c3ccc(F)c(F)c3)nc12. The average molecular weight is 332 g/mol. The Hall–Kier alpha value is -2.87. The zero-order valence-electron chi connectivity index (χ0n) is 12.8. The summed E-state index contributed by atoms with van der Waals surface area (Å²) in [5.41, 5.74) is 7.39. The highest BCUT2D eigenvalue weighted by molar-refractivity contribution is 5.83. The smallest absolute Gasteiger partial charge is 0.245 e. The Kier molecular flexibility index (Phi) is 4.48. The van der Waals surface area contributed by atoms with Crippen LogP contribution in [0.25, 0.3) is 22.3 Å². The normalized spacial score (nSPS) is 11.0. The fourth-order valence-corrected chi connectivity index (χ4v) is 2.14. The minimum absolute atomic E-state index is 0.0530. The van der Waals surface area contributed by atoms with Gasteiger partial charge < -0.3 is 15.2 Å². The predicted molar refractivity (Wildman–Crippen MR) is 84.5 cm³/mol. The molecule has 0 radical (unpaired) electrons. The zero-order chi connectivity index (χ0) is 17.1. The molecule has 0 atom stereocenters. The van der Waals surface area contributed by atoms with Gasteiger partial charge in [-0.15, -0.1) is 0 Å². The first-order valence-electron chi connectivity index (χ1n) is 7.10. The lowest BCUT2D eigenvalue weighted by atomic mass is 10.1. The minimum Gasteiger partial charge on any atom is -0.474 e. The molecule has 3 aromatic rings. The third kappa shape index (κ3) is 3.23. The maximum Gasteiger partial charge on any atom is 0.245 e. The van der Waals surface area contributed by atoms with Crippen molar-refractivity contribution in [3.63, 3.8) is 0 Å². The van der Waals surface area contributed by atoms with E-state index in [1.54, 1.807) is 19.2 Å². The largest absolute Gasteiger partial charge is 0.474 e. The molecule has 0 fully saturated rings. The van der Waals surface area contributed by atoms with Gasteiger partial charge in [0.1, 0.15) is 6.61 Å². The number of hydrogen-bond donors (Lipinski definition) is 1. The van der Waals surface area contributed by atoms with Crippen molar-refractivity contribution >= 4 is 17.0 Å². The monoisotopic (exact) mass is 332 g/mol. The van der Waals surface area contributed by atoms with Crippen molar-refractivity contribution in [2.75, 3.05) is 26.1 Å². The van der Waals surface area contributed by atoms with Crippen molar-refractivity contribution in [2.24, 2.45) is 0 Å². The van der Waals surface area contributed by atoms with Gasteiger partial charge in [0, 0.05) is 12.7 Å². The molecule has 2 heterocycles. The molecule has 0 amide bonds. The van der Waals surface area contributed by atoms with Crippen molar-refractivity contribution in [3.8, 4) is 17.1 Å². The number of nitrogen functional groups attached to an aromatic ring is 1. The van der Waals surface area contributed by atoms with Crippen molar-refractivity contribution in [1.29, 1.82) is 0 Å². The molecule has 124 valence electrons. The summed E-state index contributed by atoms with van der Waals surface area (Å²) < 4.78 is 37.0. The van der Waals surface area contributed by atoms with Gasteiger partial charge >= 0.3 is 0 Å². The van der Waals surface area contributed by atoms with Gasteiger partial charge in [0.15, 0.2) is 17.2 Å². The zero-order valence-corrected chi connectivity index (χ0v) is 12.8. The van der Waals surface area contributed by atoms with Crippen LogP contribution in [0.5, 0.6) is 5.88 Å². The number of aromatic nitrogens is 3. The highest BCUT2D eigenvalue weighted by Gasteiger charge is 2.12. The number of ether oxygens (including phenoxy) is 2. The first kappa shape index (κ1) is 16.0. The standard InChI is InChI=1S/C16H14F2N4O2/c1-23-6-7-24-15-14-13(21-16(19)22-15)5-4-12(20-14)9-2-3-10(17)11(18)8-9/h2-5,8H,6-7H2,1H3,(H2,19,21,22). The molecule has 6 nitrogen and oxygen atoms in total. The fraction of sp³-hybridized carbons (Fsp3) is 0.188. The Bertz CT molecular complexity index is 889. The number of pyridine rings is 1. The van der Waals surface area contributed by atoms with Gasteiger partial charge in [0.2, 0.25) is 11.8 Å². The molecule has 1 aromatic carbocycles. The second kappa shape index (κ2) is 6.71. The molecule has 0 unspecified atom stereocenters. The molecule has 0 spiro atoms. The van der Waals surface area contributed by atoms with E-state index in [9.17, 15) is 8.78 Å². The van der Waals surface area contributed by atoms with Gasteiger partial charge in [-0.2, -0.15) is 4.98 Å². The lowest BCUT2D eigenvalue weighted by Gasteiger charge is -2.09. The molecule has 0 saturated heterocycles. The lowest BCUT2D eigenvalue weighted by molar-refractivity contribution is 0.144. The summed E-state index contributed by atoms with van der Waals surface area (Å²) in [6.07, 6.45) is 0. The Labute approximate surface area is 136 Å². The van der Waals surface area contributed by atoms with Crippen molar-refractivity contribution in [2.45, 2.75) is 0 Å². The first-order chi connectivity index (χ1) is 11.6. The first-order valence-corrected chi connectivity index (χ1v) is 7.10. The van der Waals surface area contributed by atoms with E-state index in [0.717, 1.165) is 12.1 Å². The highest BCUT2D eigenvalue weighted by Crippen LogP contribution is 2.26. The minimum atomic E-state index is -0.945. The third-order valence-electron chi connectivity index (χ3n) is 3.27. The summed E-state index contributed by atoms with van der Waals surface area (Å²) >= 11 is 0. The molecule has 0 saturated carbocycles. The lowest BCUT2D eigenvalue weighted by Crippen LogP contribution is -2.08. The summed E-state index contributed by atoms with van der Waals surface area (Å²) in [6.45, 7) is 0.632. The maximum atomic E-state index is 13.4. The summed E-state index contributed by atoms with van der Waals surface area (Å²) in [4.78, 5) is 12.5. The van der Waals surface area contributed by atoms with E-state index in [1.165, 1.54) is 6.07 Å². The number of methoxy groups -OCH3 is 1. The van der Waals surface area contributed by atoms with E-state index in [0.29, 0.717) is 28.9 Å². The maximum absolute atomic E-state index is 13.4. The van der Waals surface area contributed by atoms with Crippen LogP contribution in [0.15, 0.2) is 30.3 Å². The number of halogens is 2. The Balaban J connectivity index is 2.06. The van der Waals surface area contributed by atoms with Gasteiger partial charge in [-0.1, -0.05) is 0 Å². The summed E-state index contributed by atoms with van der Waals surface area (Å²) in [5, 5.41) is 0. The van der Waals surface area contributed by atoms with E-state index >= 15 is 0 Å². The number of fused-ring (bicyclic) bond motifs is 1. The van der Waals surface area contributed by atoms with Crippen molar-refractivity contribution < 1.29 is 18.3 Å². The highest BCUT2D eigenvalue weighted by atomic mass is 19.2. The number of rotatable bonds is 5. The molecule has 0 aliphatic heterocycles. The number of anilines is 1. The van der Waals surface area contributed by atoms with Crippen LogP contribution in [0.4, 0.5) is 14.7 Å². The van der Waals surface area contributed by atoms with Gasteiger partial charge in [0.05, 0.1) is 17.8 Å². The Morgan fingerprint density at radius 1 is 1.00 bits per heavy atom. The Morgan fingerprint density at radius 3 is 2.58 bits per heavy atom. The number of benzene rings is 1. The van der Waals surface area contributed by atoms with E-state index < -0.39 is 11.6 Å². The van der Waals surface area contributed by atoms with Crippen LogP contribution in [0.3, 0.4) is 0 Å². The molecule has 0 aliphatic rings. The third-order valence-corrected chi connectivity index (χ3v) is 3.27. The van der Waals surface area contributed by atoms with E-state index in [1.807, 2.05) is 0 Å². The van der Waals surface area contributed by atoms with Crippen LogP contribution in [0.2, 0.25) is 0 Å². The van der Waals surface area contributed by atoms with Crippen molar-refractivity contribution in [1.82, 2.24) is 15.0 Å². The molecule has 0 aliphatic carbocycles. The molecule has 2 N–H and O–H groups in total. The Morgan fingerprint density at radius 2 is 1.83 bits per heavy atom. The molecule has 8 heteroatoms. The molecule has 2 aromatic heterocycles. The fourth-order valence-electron chi connectivity index (χ4n) is 2.14. The average Bonchev–Trinajstić information content (AvgIpc) is 2.57. The summed E-state index contributed by atoms with van der Waals surface area (Å²) in [5.74, 6) is -1.60. The quantitative estimate of drug-likeness (QED) is 0.723. The van der Waals surface area contributed by atoms with Crippen LogP contribution >= 0.6 is 0 Å². The molecular formula is C16H14F2N4O2. The second-order valence-electron chi connectivity index (χ2n) is 4.92. The van der Waals surface area contributed by atoms with Crippen molar-refractivity contribution in [3.05, 3.63) is 42.0 Å². The van der Waals surface area contributed by atoms with Gasteiger partial charge in [0.25, 0.3) is 0 Å². The van der Waals surface area contributed by atoms with E-state index in [4.69, 9.17) is 15.2 Å². The van der Waals surface area contributed by atoms with Crippen LogP contribution in [-0.2, 0) is 4.74 Å². The van der Waals surface area contributed by atoms with Gasteiger partial charge in [-0.25, -0.2) is 18.7 Å². The van der Waals surface area contributed by atoms with Crippen LogP contribution in [0, 0.1) is 11.6 Å². The molecule has 3 rings (SSSR count). The topological polar surface area (TPSA) is 83.2 Å². The second-order valence-corrected chi connectivity index (χ2v) is 4.92. The van der Waals surface area contributed by atoms with Gasteiger partial charge in [-0.3, -0.25) is 0 Å². The predicted octanol–water partition coefficient (Wildman–Crippen LogP) is 2.58. The number of nitrogens with two attached hydrogens (primary N) is 1. The summed E-state index contributed by atoms with van der Waals surface area (Å²) in [7, 11) is 1.55. The van der Waals surface area contributed by atoms with Crippen LogP contribution < -0.4 is 10.5 Å². The number of nitrogens with zero attached hydrogens (tertiary/aromatic N) is 3. The van der Waals surface area contributed by atoms with Crippen LogP contribution in [-0.4, -0.2) is 35.3 Å². The molecule has 0 bridgehead atoms. The van der Waals surface area contributed by atoms with E-state index in [-0.39, 0.29) is 18.4 Å². The summed E-state index contributed by atoms with van der Waals surface area (Å²) in [6, 6.07) is 6.87. The van der Waals surface area contributed by atoms with E-state index in [2.05, 4.69) is 15.0 Å². The molecule has 24 heavy (non-hydrogen) atoms. The van der Waals surface area contributed by atoms with Gasteiger partial charge in [-0.05, 0) is 30.3 Å². The number of hydrogen-bond acceptors (Lipinski definition) is 6. The molecular weight excluding hydrogens is 318 g/mol.